The van der Waals surface area contributed by atoms with Crippen LogP contribution in [0.1, 0.15) is 74.8 Å². The van der Waals surface area contributed by atoms with Crippen LogP contribution in [0.4, 0.5) is 0 Å². The molecule has 1 aromatic carbocycles. The smallest absolute Gasteiger partial charge is 0.309 e. The van der Waals surface area contributed by atoms with Crippen LogP contribution in [0.25, 0.3) is 0 Å². The topological polar surface area (TPSA) is 52.3 Å². The first-order valence-corrected chi connectivity index (χ1v) is 10.2. The molecule has 25 heavy (non-hydrogen) atoms. The number of esters is 1. The van der Waals surface area contributed by atoms with Crippen molar-refractivity contribution in [2.45, 2.75) is 76.4 Å². The zero-order valence-electron chi connectivity index (χ0n) is 15.2. The van der Waals surface area contributed by atoms with Crippen LogP contribution in [0.3, 0.4) is 0 Å². The summed E-state index contributed by atoms with van der Waals surface area (Å²) < 4.78 is 5.29. The van der Waals surface area contributed by atoms with Gasteiger partial charge in [0.05, 0.1) is 6.42 Å². The monoisotopic (exact) mass is 341 g/mol. The van der Waals surface area contributed by atoms with Gasteiger partial charge in [-0.25, -0.2) is 0 Å². The van der Waals surface area contributed by atoms with Crippen molar-refractivity contribution in [2.75, 3.05) is 0 Å². The number of cyclic esters (lactones) is 1. The highest BCUT2D eigenvalue weighted by atomic mass is 16.6. The Kier molecular flexibility index (Phi) is 5.12. The highest BCUT2D eigenvalue weighted by Gasteiger charge is 2.39. The van der Waals surface area contributed by atoms with E-state index in [0.29, 0.717) is 18.9 Å². The average Bonchev–Trinajstić information content (AvgIpc) is 2.66. The summed E-state index contributed by atoms with van der Waals surface area (Å²) in [6.07, 6.45) is 11.6. The molecule has 136 valence electrons. The second-order valence-electron chi connectivity index (χ2n) is 8.46. The van der Waals surface area contributed by atoms with Crippen molar-refractivity contribution in [3.05, 3.63) is 35.4 Å². The Bertz CT molecular complexity index is 573. The van der Waals surface area contributed by atoms with E-state index in [1.54, 1.807) is 0 Å². The van der Waals surface area contributed by atoms with Gasteiger partial charge in [-0.15, -0.1) is 0 Å². The molecule has 0 radical (unpaired) electrons. The number of carbonyl (C=O) groups is 1. The van der Waals surface area contributed by atoms with E-state index in [1.165, 1.54) is 62.5 Å². The lowest BCUT2D eigenvalue weighted by Gasteiger charge is -2.41. The molecule has 1 unspecified atom stereocenters. The van der Waals surface area contributed by atoms with Crippen LogP contribution in [-0.2, 0) is 16.1 Å². The van der Waals surface area contributed by atoms with E-state index in [-0.39, 0.29) is 12.1 Å². The van der Waals surface area contributed by atoms with Crippen LogP contribution in [0.15, 0.2) is 24.3 Å². The molecule has 0 amide bonds. The molecule has 3 heteroatoms. The fraction of sp³-hybridized carbons (Fsp3) is 0.682. The molecule has 1 aliphatic heterocycles. The largest absolute Gasteiger partial charge is 0.461 e. The van der Waals surface area contributed by atoms with E-state index in [9.17, 15) is 4.79 Å². The maximum Gasteiger partial charge on any atom is 0.309 e. The number of benzene rings is 1. The maximum absolute atomic E-state index is 11.0. The fourth-order valence-corrected chi connectivity index (χ4v) is 5.42. The van der Waals surface area contributed by atoms with Gasteiger partial charge < -0.3 is 10.5 Å². The molecule has 1 atom stereocenters. The van der Waals surface area contributed by atoms with Gasteiger partial charge in [-0.3, -0.25) is 4.79 Å². The third-order valence-corrected chi connectivity index (χ3v) is 7.12. The third-order valence-electron chi connectivity index (χ3n) is 7.12. The SMILES string of the molecule is NCc1ccc(C2CCC(C3CCC(C4CC(=O)O4)CC3)CC2)cc1. The molecule has 3 fully saturated rings. The van der Waals surface area contributed by atoms with Crippen LogP contribution >= 0.6 is 0 Å². The molecule has 1 aromatic rings. The van der Waals surface area contributed by atoms with Crippen LogP contribution in [0.2, 0.25) is 0 Å². The zero-order chi connectivity index (χ0) is 17.2. The molecular formula is C22H31NO2. The van der Waals surface area contributed by atoms with Gasteiger partial charge >= 0.3 is 5.97 Å². The van der Waals surface area contributed by atoms with Gasteiger partial charge in [-0.1, -0.05) is 24.3 Å². The number of ether oxygens (including phenoxy) is 1. The first kappa shape index (κ1) is 17.1. The van der Waals surface area contributed by atoms with Crippen LogP contribution < -0.4 is 5.73 Å². The molecule has 0 spiro atoms. The van der Waals surface area contributed by atoms with Gasteiger partial charge in [-0.2, -0.15) is 0 Å². The van der Waals surface area contributed by atoms with Crippen molar-refractivity contribution in [2.24, 2.45) is 23.5 Å². The van der Waals surface area contributed by atoms with Crippen LogP contribution in [0.5, 0.6) is 0 Å². The Morgan fingerprint density at radius 2 is 1.36 bits per heavy atom. The van der Waals surface area contributed by atoms with Gasteiger partial charge in [0.2, 0.25) is 0 Å². The summed E-state index contributed by atoms with van der Waals surface area (Å²) in [5.41, 5.74) is 8.44. The second kappa shape index (κ2) is 7.49. The highest BCUT2D eigenvalue weighted by molar-refractivity contribution is 5.75. The first-order chi connectivity index (χ1) is 12.2. The predicted molar refractivity (Wildman–Crippen MR) is 99.0 cm³/mol. The second-order valence-corrected chi connectivity index (χ2v) is 8.46. The van der Waals surface area contributed by atoms with Crippen molar-refractivity contribution in [3.63, 3.8) is 0 Å². The van der Waals surface area contributed by atoms with E-state index in [0.717, 1.165) is 17.8 Å². The van der Waals surface area contributed by atoms with Crippen molar-refractivity contribution >= 4 is 5.97 Å². The summed E-state index contributed by atoms with van der Waals surface area (Å²) in [6, 6.07) is 8.96. The lowest BCUT2D eigenvalue weighted by Crippen LogP contribution is -2.41. The van der Waals surface area contributed by atoms with Crippen LogP contribution in [0, 0.1) is 17.8 Å². The summed E-state index contributed by atoms with van der Waals surface area (Å²) in [5.74, 6) is 3.22. The van der Waals surface area contributed by atoms with E-state index in [2.05, 4.69) is 24.3 Å². The quantitative estimate of drug-likeness (QED) is 0.818. The number of hydrogen-bond acceptors (Lipinski definition) is 3. The van der Waals surface area contributed by atoms with Gasteiger partial charge in [0.25, 0.3) is 0 Å². The Labute approximate surface area is 151 Å². The average molecular weight is 341 g/mol. The molecule has 1 saturated heterocycles. The normalized spacial score (nSPS) is 35.7. The molecule has 3 nitrogen and oxygen atoms in total. The molecule has 1 heterocycles. The lowest BCUT2D eigenvalue weighted by molar-refractivity contribution is -0.176. The molecule has 0 aromatic heterocycles. The molecule has 2 aliphatic carbocycles. The lowest BCUT2D eigenvalue weighted by atomic mass is 9.67. The minimum Gasteiger partial charge on any atom is -0.461 e. The van der Waals surface area contributed by atoms with E-state index < -0.39 is 0 Å². The van der Waals surface area contributed by atoms with Crippen molar-refractivity contribution in [3.8, 4) is 0 Å². The van der Waals surface area contributed by atoms with E-state index in [4.69, 9.17) is 10.5 Å². The molecule has 0 bridgehead atoms. The number of nitrogens with two attached hydrogens (primary N) is 1. The van der Waals surface area contributed by atoms with Crippen LogP contribution in [-0.4, -0.2) is 12.1 Å². The molecule has 2 saturated carbocycles. The summed E-state index contributed by atoms with van der Waals surface area (Å²) in [4.78, 5) is 11.0. The maximum atomic E-state index is 11.0. The summed E-state index contributed by atoms with van der Waals surface area (Å²) in [5, 5.41) is 0. The van der Waals surface area contributed by atoms with E-state index in [1.807, 2.05) is 0 Å². The minimum atomic E-state index is 0.00458. The zero-order valence-corrected chi connectivity index (χ0v) is 15.2. The minimum absolute atomic E-state index is 0.00458. The predicted octanol–water partition coefficient (Wildman–Crippen LogP) is 4.54. The van der Waals surface area contributed by atoms with Gasteiger partial charge in [-0.05, 0) is 86.2 Å². The highest BCUT2D eigenvalue weighted by Crippen LogP contribution is 2.45. The van der Waals surface area contributed by atoms with Crippen molar-refractivity contribution < 1.29 is 9.53 Å². The Balaban J connectivity index is 1.24. The third kappa shape index (κ3) is 3.76. The summed E-state index contributed by atoms with van der Waals surface area (Å²) in [6.45, 7) is 0.635. The van der Waals surface area contributed by atoms with Gasteiger partial charge in [0.1, 0.15) is 6.10 Å². The molecule has 3 aliphatic rings. The summed E-state index contributed by atoms with van der Waals surface area (Å²) >= 11 is 0. The Hall–Kier alpha value is -1.35. The van der Waals surface area contributed by atoms with Gasteiger partial charge in [0, 0.05) is 6.54 Å². The number of hydrogen-bond donors (Lipinski definition) is 1. The van der Waals surface area contributed by atoms with Crippen molar-refractivity contribution in [1.29, 1.82) is 0 Å². The standard InChI is InChI=1S/C22H31NO2/c23-14-15-1-3-16(4-2-15)17-5-7-18(8-6-17)19-9-11-20(12-10-19)21-13-22(24)25-21/h1-4,17-21H,5-14,23H2. The Morgan fingerprint density at radius 3 is 1.88 bits per heavy atom. The molecule has 2 N–H and O–H groups in total. The summed E-state index contributed by atoms with van der Waals surface area (Å²) in [7, 11) is 0. The first-order valence-electron chi connectivity index (χ1n) is 10.2. The Morgan fingerprint density at radius 1 is 0.840 bits per heavy atom. The van der Waals surface area contributed by atoms with E-state index >= 15 is 0 Å². The van der Waals surface area contributed by atoms with Crippen molar-refractivity contribution in [1.82, 2.24) is 0 Å². The van der Waals surface area contributed by atoms with Gasteiger partial charge in [0.15, 0.2) is 0 Å². The number of carbonyl (C=O) groups excluding carboxylic acids is 1. The fourth-order valence-electron chi connectivity index (χ4n) is 5.42. The molecule has 4 rings (SSSR count). The molecular weight excluding hydrogens is 310 g/mol. The number of rotatable bonds is 4.